The average molecular weight is 569 g/mol. The summed E-state index contributed by atoms with van der Waals surface area (Å²) in [6.45, 7) is 4.74. The quantitative estimate of drug-likeness (QED) is 0.296. The van der Waals surface area contributed by atoms with Crippen molar-refractivity contribution in [2.45, 2.75) is 45.6 Å². The van der Waals surface area contributed by atoms with E-state index < -0.39 is 27.5 Å². The summed E-state index contributed by atoms with van der Waals surface area (Å²) in [4.78, 5) is 11.1. The molecule has 3 aromatic rings. The second kappa shape index (κ2) is 11.5. The second-order valence-electron chi connectivity index (χ2n) is 10.4. The Balaban J connectivity index is 1.29. The fraction of sp³-hybridized carbons (Fsp3) is 0.387. The lowest BCUT2D eigenvalue weighted by molar-refractivity contribution is -0.138. The van der Waals surface area contributed by atoms with Crippen molar-refractivity contribution in [2.24, 2.45) is 5.92 Å². The van der Waals surface area contributed by atoms with E-state index in [4.69, 9.17) is 19.3 Å². The standard InChI is InChI=1S/C31H33FO7S/c1-3-40(35,36)12-4-10-37-23-13-19(2)30-21(15-23)9-11-38-29-8-5-20(14-27(29)30)18-39-22-6-7-24(28(32)16-22)25-17-26(25)31(33)34/h5-8,13-16,25-26H,3-4,9-12,17-18H2,1-2H3,(H,33,34)/t25-,26+/m1/s1. The number of rotatable bonds is 11. The van der Waals surface area contributed by atoms with Gasteiger partial charge in [-0.25, -0.2) is 12.8 Å². The zero-order valence-corrected chi connectivity index (χ0v) is 23.4. The summed E-state index contributed by atoms with van der Waals surface area (Å²) in [7, 11) is -3.02. The van der Waals surface area contributed by atoms with Crippen molar-refractivity contribution in [2.75, 3.05) is 24.7 Å². The van der Waals surface area contributed by atoms with Crippen LogP contribution in [0.25, 0.3) is 11.1 Å². The van der Waals surface area contributed by atoms with Crippen LogP contribution >= 0.6 is 0 Å². The fourth-order valence-electron chi connectivity index (χ4n) is 5.24. The van der Waals surface area contributed by atoms with Gasteiger partial charge in [0.05, 0.1) is 24.9 Å². The summed E-state index contributed by atoms with van der Waals surface area (Å²) < 4.78 is 56.0. The molecule has 0 spiro atoms. The molecular weight excluding hydrogens is 535 g/mol. The molecule has 1 N–H and O–H groups in total. The molecule has 0 radical (unpaired) electrons. The van der Waals surface area contributed by atoms with Gasteiger partial charge in [0.25, 0.3) is 0 Å². The minimum Gasteiger partial charge on any atom is -0.494 e. The first-order valence-electron chi connectivity index (χ1n) is 13.5. The van der Waals surface area contributed by atoms with Crippen LogP contribution in [0.15, 0.2) is 48.5 Å². The average Bonchev–Trinajstić information content (AvgIpc) is 3.73. The van der Waals surface area contributed by atoms with Crippen LogP contribution < -0.4 is 14.2 Å². The van der Waals surface area contributed by atoms with Crippen molar-refractivity contribution in [3.63, 3.8) is 0 Å². The molecular formula is C31H33FO7S. The number of carboxylic acids is 1. The molecule has 1 heterocycles. The van der Waals surface area contributed by atoms with E-state index in [0.717, 1.165) is 33.6 Å². The van der Waals surface area contributed by atoms with Gasteiger partial charge in [-0.05, 0) is 77.9 Å². The van der Waals surface area contributed by atoms with Crippen LogP contribution in [0.3, 0.4) is 0 Å². The van der Waals surface area contributed by atoms with Crippen LogP contribution in [0, 0.1) is 18.7 Å². The molecule has 2 aliphatic rings. The third-order valence-corrected chi connectivity index (χ3v) is 9.32. The summed E-state index contributed by atoms with van der Waals surface area (Å²) >= 11 is 0. The Labute approximate surface area is 233 Å². The highest BCUT2D eigenvalue weighted by Gasteiger charge is 2.45. The SMILES string of the molecule is CCS(=O)(=O)CCCOc1cc(C)c2c(c1)CCOc1ccc(COc3ccc([C@H]4C[C@@H]4C(=O)O)c(F)c3)cc1-2. The molecule has 7 nitrogen and oxygen atoms in total. The number of fused-ring (bicyclic) bond motifs is 3. The summed E-state index contributed by atoms with van der Waals surface area (Å²) in [6, 6.07) is 14.4. The Bertz CT molecular complexity index is 1530. The predicted octanol–water partition coefficient (Wildman–Crippen LogP) is 5.71. The molecule has 1 fully saturated rings. The first-order chi connectivity index (χ1) is 19.1. The molecule has 5 rings (SSSR count). The second-order valence-corrected chi connectivity index (χ2v) is 12.9. The van der Waals surface area contributed by atoms with Crippen LogP contribution in [0.1, 0.15) is 47.9 Å². The van der Waals surface area contributed by atoms with Gasteiger partial charge in [0, 0.05) is 29.7 Å². The minimum atomic E-state index is -3.02. The molecule has 9 heteroatoms. The molecule has 3 aromatic carbocycles. The summed E-state index contributed by atoms with van der Waals surface area (Å²) in [6.07, 6.45) is 1.60. The van der Waals surface area contributed by atoms with E-state index in [2.05, 4.69) is 0 Å². The Hall–Kier alpha value is -3.59. The molecule has 0 bridgehead atoms. The van der Waals surface area contributed by atoms with E-state index in [1.54, 1.807) is 19.1 Å². The van der Waals surface area contributed by atoms with Crippen LogP contribution in [-0.2, 0) is 27.7 Å². The smallest absolute Gasteiger partial charge is 0.307 e. The molecule has 0 aromatic heterocycles. The lowest BCUT2D eigenvalue weighted by Gasteiger charge is -2.16. The molecule has 212 valence electrons. The van der Waals surface area contributed by atoms with Gasteiger partial charge in [0.15, 0.2) is 0 Å². The maximum atomic E-state index is 14.7. The number of aliphatic carboxylic acids is 1. The number of hydrogen-bond donors (Lipinski definition) is 1. The van der Waals surface area contributed by atoms with E-state index in [-0.39, 0.29) is 24.0 Å². The topological polar surface area (TPSA) is 99.1 Å². The number of aryl methyl sites for hydroxylation is 1. The normalized spacial score (nSPS) is 17.7. The Morgan fingerprint density at radius 1 is 1.10 bits per heavy atom. The molecule has 2 atom stereocenters. The predicted molar refractivity (Wildman–Crippen MR) is 149 cm³/mol. The summed E-state index contributed by atoms with van der Waals surface area (Å²) in [5.74, 6) is -0.0167. The van der Waals surface area contributed by atoms with Crippen molar-refractivity contribution in [3.8, 4) is 28.4 Å². The van der Waals surface area contributed by atoms with Gasteiger partial charge >= 0.3 is 5.97 Å². The zero-order chi connectivity index (χ0) is 28.4. The van der Waals surface area contributed by atoms with Crippen molar-refractivity contribution < 1.29 is 36.9 Å². The number of halogens is 1. The fourth-order valence-corrected chi connectivity index (χ4v) is 6.09. The number of sulfone groups is 1. The Morgan fingerprint density at radius 3 is 2.65 bits per heavy atom. The molecule has 1 aliphatic carbocycles. The van der Waals surface area contributed by atoms with Crippen LogP contribution in [0.2, 0.25) is 0 Å². The Kier molecular flexibility index (Phi) is 8.03. The van der Waals surface area contributed by atoms with E-state index in [0.29, 0.717) is 49.5 Å². The van der Waals surface area contributed by atoms with E-state index in [1.807, 2.05) is 37.3 Å². The highest BCUT2D eigenvalue weighted by atomic mass is 32.2. The first-order valence-corrected chi connectivity index (χ1v) is 15.3. The summed E-state index contributed by atoms with van der Waals surface area (Å²) in [5.41, 5.74) is 5.44. The van der Waals surface area contributed by atoms with Gasteiger partial charge in [0.1, 0.15) is 39.5 Å². The third-order valence-electron chi connectivity index (χ3n) is 7.53. The van der Waals surface area contributed by atoms with Crippen molar-refractivity contribution in [3.05, 3.63) is 76.6 Å². The van der Waals surface area contributed by atoms with Crippen LogP contribution in [0.4, 0.5) is 4.39 Å². The van der Waals surface area contributed by atoms with Gasteiger partial charge in [-0.2, -0.15) is 0 Å². The number of hydrogen-bond acceptors (Lipinski definition) is 6. The zero-order valence-electron chi connectivity index (χ0n) is 22.6. The molecule has 0 amide bonds. The lowest BCUT2D eigenvalue weighted by atomic mass is 9.92. The highest BCUT2D eigenvalue weighted by Crippen LogP contribution is 2.48. The van der Waals surface area contributed by atoms with E-state index >= 15 is 0 Å². The van der Waals surface area contributed by atoms with Gasteiger partial charge in [-0.1, -0.05) is 19.1 Å². The first kappa shape index (κ1) is 28.0. The maximum absolute atomic E-state index is 14.7. The summed E-state index contributed by atoms with van der Waals surface area (Å²) in [5, 5.41) is 9.13. The van der Waals surface area contributed by atoms with Gasteiger partial charge in [0.2, 0.25) is 0 Å². The monoisotopic (exact) mass is 568 g/mol. The largest absolute Gasteiger partial charge is 0.494 e. The third kappa shape index (κ3) is 6.25. The van der Waals surface area contributed by atoms with Gasteiger partial charge in [-0.15, -0.1) is 0 Å². The Morgan fingerprint density at radius 2 is 1.93 bits per heavy atom. The molecule has 0 saturated heterocycles. The molecule has 1 aliphatic heterocycles. The van der Waals surface area contributed by atoms with Crippen molar-refractivity contribution in [1.82, 2.24) is 0 Å². The molecule has 1 saturated carbocycles. The van der Waals surface area contributed by atoms with Crippen LogP contribution in [0.5, 0.6) is 17.2 Å². The maximum Gasteiger partial charge on any atom is 0.307 e. The van der Waals surface area contributed by atoms with E-state index in [1.165, 1.54) is 6.07 Å². The van der Waals surface area contributed by atoms with Crippen molar-refractivity contribution >= 4 is 15.8 Å². The van der Waals surface area contributed by atoms with Gasteiger partial charge < -0.3 is 19.3 Å². The number of carboxylic acid groups (broad SMARTS) is 1. The lowest BCUT2D eigenvalue weighted by Crippen LogP contribution is -2.12. The molecule has 40 heavy (non-hydrogen) atoms. The number of benzene rings is 3. The van der Waals surface area contributed by atoms with Crippen molar-refractivity contribution in [1.29, 1.82) is 0 Å². The van der Waals surface area contributed by atoms with Gasteiger partial charge in [-0.3, -0.25) is 4.79 Å². The minimum absolute atomic E-state index is 0.113. The van der Waals surface area contributed by atoms with E-state index in [9.17, 15) is 17.6 Å². The van der Waals surface area contributed by atoms with Crippen LogP contribution in [-0.4, -0.2) is 44.2 Å². The number of ether oxygens (including phenoxy) is 3. The molecule has 0 unspecified atom stereocenters. The number of carbonyl (C=O) groups is 1. The highest BCUT2D eigenvalue weighted by molar-refractivity contribution is 7.91.